The van der Waals surface area contributed by atoms with E-state index in [2.05, 4.69) is 20.8 Å². The Morgan fingerprint density at radius 2 is 1.70 bits per heavy atom. The molecule has 0 aliphatic heterocycles. The van der Waals surface area contributed by atoms with Crippen molar-refractivity contribution in [2.45, 2.75) is 13.3 Å². The first kappa shape index (κ1) is 23.7. The molecule has 0 spiro atoms. The molecule has 9 nitrogen and oxygen atoms in total. The normalized spacial score (nSPS) is 10.7. The molecular formula is C23H24N4O5S. The molecule has 2 N–H and O–H groups in total. The molecule has 3 rings (SSSR count). The number of ether oxygens (including phenoxy) is 3. The van der Waals surface area contributed by atoms with Crippen LogP contribution < -0.4 is 24.8 Å². The maximum Gasteiger partial charge on any atom is 0.259 e. The van der Waals surface area contributed by atoms with Crippen LogP contribution in [0.3, 0.4) is 0 Å². The lowest BCUT2D eigenvalue weighted by molar-refractivity contribution is -0.111. The molecule has 0 radical (unpaired) electrons. The summed E-state index contributed by atoms with van der Waals surface area (Å²) in [5.41, 5.74) is 1.35. The molecule has 33 heavy (non-hydrogen) atoms. The van der Waals surface area contributed by atoms with E-state index in [-0.39, 0.29) is 0 Å². The van der Waals surface area contributed by atoms with Crippen LogP contribution in [0, 0.1) is 0 Å². The summed E-state index contributed by atoms with van der Waals surface area (Å²) >= 11 is 1.31. The second kappa shape index (κ2) is 11.1. The Hall–Kier alpha value is -3.92. The van der Waals surface area contributed by atoms with Crippen molar-refractivity contribution in [3.05, 3.63) is 58.6 Å². The summed E-state index contributed by atoms with van der Waals surface area (Å²) in [7, 11) is 4.55. The number of carbonyl (C=O) groups is 2. The van der Waals surface area contributed by atoms with Gasteiger partial charge in [-0.25, -0.2) is 0 Å². The summed E-state index contributed by atoms with van der Waals surface area (Å²) in [6.07, 6.45) is 3.70. The number of amides is 2. The number of hydrogen-bond donors (Lipinski definition) is 2. The first-order chi connectivity index (χ1) is 16.0. The van der Waals surface area contributed by atoms with Crippen LogP contribution in [-0.4, -0.2) is 43.3 Å². The van der Waals surface area contributed by atoms with Gasteiger partial charge in [-0.05, 0) is 42.3 Å². The van der Waals surface area contributed by atoms with Gasteiger partial charge in [-0.1, -0.05) is 30.4 Å². The molecule has 0 saturated carbocycles. The number of benzene rings is 2. The lowest BCUT2D eigenvalue weighted by Gasteiger charge is -2.13. The van der Waals surface area contributed by atoms with Crippen LogP contribution in [0.2, 0.25) is 0 Å². The van der Waals surface area contributed by atoms with Gasteiger partial charge in [0.05, 0.1) is 32.6 Å². The molecule has 2 aromatic carbocycles. The minimum absolute atomic E-state index is 0.306. The summed E-state index contributed by atoms with van der Waals surface area (Å²) in [6.45, 7) is 1.96. The number of anilines is 2. The van der Waals surface area contributed by atoms with Gasteiger partial charge in [0, 0.05) is 6.08 Å². The summed E-state index contributed by atoms with van der Waals surface area (Å²) in [4.78, 5) is 25.3. The van der Waals surface area contributed by atoms with Crippen molar-refractivity contribution in [1.82, 2.24) is 10.2 Å². The van der Waals surface area contributed by atoms with E-state index in [4.69, 9.17) is 14.2 Å². The predicted molar refractivity (Wildman–Crippen MR) is 127 cm³/mol. The van der Waals surface area contributed by atoms with Crippen LogP contribution in [0.5, 0.6) is 17.2 Å². The molecule has 0 atom stereocenters. The van der Waals surface area contributed by atoms with Crippen molar-refractivity contribution in [3.63, 3.8) is 0 Å². The number of aromatic nitrogens is 2. The zero-order valence-electron chi connectivity index (χ0n) is 18.7. The minimum atomic E-state index is -0.409. The second-order valence-electron chi connectivity index (χ2n) is 6.64. The fraction of sp³-hybridized carbons (Fsp3) is 0.217. The molecule has 0 aliphatic rings. The van der Waals surface area contributed by atoms with Crippen molar-refractivity contribution in [3.8, 4) is 17.2 Å². The highest BCUT2D eigenvalue weighted by molar-refractivity contribution is 7.15. The Morgan fingerprint density at radius 1 is 1.00 bits per heavy atom. The van der Waals surface area contributed by atoms with E-state index >= 15 is 0 Å². The zero-order chi connectivity index (χ0) is 23.8. The first-order valence-electron chi connectivity index (χ1n) is 10.0. The van der Waals surface area contributed by atoms with Gasteiger partial charge in [0.1, 0.15) is 5.01 Å². The molecule has 172 valence electrons. The monoisotopic (exact) mass is 468 g/mol. The van der Waals surface area contributed by atoms with E-state index < -0.39 is 11.8 Å². The van der Waals surface area contributed by atoms with Gasteiger partial charge < -0.3 is 19.5 Å². The third-order valence-electron chi connectivity index (χ3n) is 4.53. The van der Waals surface area contributed by atoms with Crippen molar-refractivity contribution in [2.75, 3.05) is 32.0 Å². The predicted octanol–water partition coefficient (Wildman–Crippen LogP) is 4.03. The maximum atomic E-state index is 12.7. The largest absolute Gasteiger partial charge is 0.493 e. The van der Waals surface area contributed by atoms with Gasteiger partial charge in [-0.15, -0.1) is 10.2 Å². The van der Waals surface area contributed by atoms with E-state index in [1.165, 1.54) is 38.7 Å². The average Bonchev–Trinajstić information content (AvgIpc) is 3.29. The molecule has 0 fully saturated rings. The van der Waals surface area contributed by atoms with Crippen LogP contribution in [0.25, 0.3) is 6.08 Å². The summed E-state index contributed by atoms with van der Waals surface area (Å²) in [6, 6.07) is 10.2. The highest BCUT2D eigenvalue weighted by Crippen LogP contribution is 2.38. The number of nitrogens with one attached hydrogen (secondary N) is 2. The van der Waals surface area contributed by atoms with Gasteiger partial charge in [-0.2, -0.15) is 0 Å². The Kier molecular flexibility index (Phi) is 7.98. The SMILES string of the molecule is CCc1nnc(NC(=O)c2ccccc2NC(=O)/C=C/c2cc(OC)c(OC)c(OC)c2)s1. The number of para-hydroxylation sites is 1. The Balaban J connectivity index is 1.75. The van der Waals surface area contributed by atoms with Gasteiger partial charge in [0.15, 0.2) is 11.5 Å². The lowest BCUT2D eigenvalue weighted by atomic mass is 10.1. The van der Waals surface area contributed by atoms with Crippen molar-refractivity contribution < 1.29 is 23.8 Å². The standard InChI is InChI=1S/C23H24N4O5S/c1-5-20-26-27-23(33-20)25-22(29)15-8-6-7-9-16(15)24-19(28)11-10-14-12-17(30-2)21(32-4)18(13-14)31-3/h6-13H,5H2,1-4H3,(H,24,28)(H,25,27,29)/b11-10+. The second-order valence-corrected chi connectivity index (χ2v) is 7.70. The average molecular weight is 469 g/mol. The number of hydrogen-bond acceptors (Lipinski definition) is 8. The van der Waals surface area contributed by atoms with Crippen molar-refractivity contribution in [1.29, 1.82) is 0 Å². The van der Waals surface area contributed by atoms with E-state index in [0.717, 1.165) is 11.4 Å². The van der Waals surface area contributed by atoms with E-state index in [1.54, 1.807) is 42.5 Å². The first-order valence-corrected chi connectivity index (χ1v) is 10.8. The topological polar surface area (TPSA) is 112 Å². The number of carbonyl (C=O) groups excluding carboxylic acids is 2. The zero-order valence-corrected chi connectivity index (χ0v) is 19.5. The smallest absolute Gasteiger partial charge is 0.259 e. The van der Waals surface area contributed by atoms with E-state index in [1.807, 2.05) is 6.92 Å². The molecule has 0 saturated heterocycles. The van der Waals surface area contributed by atoms with Crippen LogP contribution in [0.1, 0.15) is 27.9 Å². The highest BCUT2D eigenvalue weighted by Gasteiger charge is 2.15. The highest BCUT2D eigenvalue weighted by atomic mass is 32.1. The van der Waals surface area contributed by atoms with Gasteiger partial charge in [-0.3, -0.25) is 14.9 Å². The van der Waals surface area contributed by atoms with Crippen molar-refractivity contribution in [2.24, 2.45) is 0 Å². The number of rotatable bonds is 9. The molecule has 0 aliphatic carbocycles. The number of aryl methyl sites for hydroxylation is 1. The molecule has 1 heterocycles. The number of methoxy groups -OCH3 is 3. The summed E-state index contributed by atoms with van der Waals surface area (Å²) in [5.74, 6) is 0.609. The van der Waals surface area contributed by atoms with Crippen LogP contribution >= 0.6 is 11.3 Å². The number of nitrogens with zero attached hydrogens (tertiary/aromatic N) is 2. The Bertz CT molecular complexity index is 1150. The fourth-order valence-electron chi connectivity index (χ4n) is 2.95. The lowest BCUT2D eigenvalue weighted by Crippen LogP contribution is -2.17. The third kappa shape index (κ3) is 5.86. The van der Waals surface area contributed by atoms with Gasteiger partial charge in [0.2, 0.25) is 16.8 Å². The molecule has 10 heteroatoms. The van der Waals surface area contributed by atoms with Crippen LogP contribution in [0.15, 0.2) is 42.5 Å². The minimum Gasteiger partial charge on any atom is -0.493 e. The van der Waals surface area contributed by atoms with Gasteiger partial charge >= 0.3 is 0 Å². The third-order valence-corrected chi connectivity index (χ3v) is 5.52. The molecule has 1 aromatic heterocycles. The fourth-order valence-corrected chi connectivity index (χ4v) is 3.62. The molecule has 0 unspecified atom stereocenters. The van der Waals surface area contributed by atoms with Gasteiger partial charge in [0.25, 0.3) is 5.91 Å². The Labute approximate surface area is 195 Å². The molecule has 2 amide bonds. The van der Waals surface area contributed by atoms with Crippen molar-refractivity contribution >= 4 is 40.0 Å². The van der Waals surface area contributed by atoms with E-state index in [0.29, 0.717) is 39.2 Å². The van der Waals surface area contributed by atoms with E-state index in [9.17, 15) is 9.59 Å². The Morgan fingerprint density at radius 3 is 2.30 bits per heavy atom. The molecule has 0 bridgehead atoms. The summed E-state index contributed by atoms with van der Waals surface area (Å²) < 4.78 is 16.0. The summed E-state index contributed by atoms with van der Waals surface area (Å²) in [5, 5.41) is 14.6. The van der Waals surface area contributed by atoms with Crippen LogP contribution in [0.4, 0.5) is 10.8 Å². The maximum absolute atomic E-state index is 12.7. The van der Waals surface area contributed by atoms with Crippen LogP contribution in [-0.2, 0) is 11.2 Å². The quantitative estimate of drug-likeness (QED) is 0.456. The molecular weight excluding hydrogens is 444 g/mol. The molecule has 3 aromatic rings.